The highest BCUT2D eigenvalue weighted by molar-refractivity contribution is 5.68. The van der Waals surface area contributed by atoms with Crippen LogP contribution in [0, 0.1) is 20.8 Å². The van der Waals surface area contributed by atoms with E-state index in [1.165, 1.54) is 0 Å². The van der Waals surface area contributed by atoms with Gasteiger partial charge in [-0.1, -0.05) is 5.16 Å². The molecule has 16 heavy (non-hydrogen) atoms. The van der Waals surface area contributed by atoms with Crippen LogP contribution in [0.1, 0.15) is 17.1 Å². The zero-order valence-electron chi connectivity index (χ0n) is 9.87. The maximum Gasteiger partial charge on any atom is 0.141 e. The summed E-state index contributed by atoms with van der Waals surface area (Å²) in [7, 11) is 1.64. The van der Waals surface area contributed by atoms with Crippen LogP contribution in [0.3, 0.4) is 0 Å². The molecule has 0 spiro atoms. The summed E-state index contributed by atoms with van der Waals surface area (Å²) < 4.78 is 10.4. The van der Waals surface area contributed by atoms with Gasteiger partial charge in [-0.05, 0) is 26.8 Å². The summed E-state index contributed by atoms with van der Waals surface area (Å²) >= 11 is 0. The molecule has 0 N–H and O–H groups in total. The number of rotatable bonds is 2. The summed E-state index contributed by atoms with van der Waals surface area (Å²) in [6.07, 6.45) is 1.81. The first kappa shape index (κ1) is 10.7. The van der Waals surface area contributed by atoms with Gasteiger partial charge in [-0.2, -0.15) is 0 Å². The minimum atomic E-state index is 0.775. The number of nitrogens with zero attached hydrogens (tertiary/aromatic N) is 2. The summed E-state index contributed by atoms with van der Waals surface area (Å²) in [5, 5.41) is 3.93. The lowest BCUT2D eigenvalue weighted by molar-refractivity contribution is 0.393. The molecule has 2 heterocycles. The van der Waals surface area contributed by atoms with E-state index in [1.54, 1.807) is 7.11 Å². The summed E-state index contributed by atoms with van der Waals surface area (Å²) in [5.74, 6) is 1.57. The molecule has 0 saturated carbocycles. The van der Waals surface area contributed by atoms with Gasteiger partial charge in [-0.3, -0.25) is 4.98 Å². The molecule has 0 unspecified atom stereocenters. The van der Waals surface area contributed by atoms with E-state index in [0.717, 1.165) is 34.0 Å². The number of ether oxygens (including phenoxy) is 1. The van der Waals surface area contributed by atoms with E-state index >= 15 is 0 Å². The summed E-state index contributed by atoms with van der Waals surface area (Å²) in [4.78, 5) is 4.29. The van der Waals surface area contributed by atoms with Crippen molar-refractivity contribution in [2.75, 3.05) is 7.11 Å². The van der Waals surface area contributed by atoms with E-state index in [0.29, 0.717) is 0 Å². The molecule has 0 atom stereocenters. The van der Waals surface area contributed by atoms with Crippen LogP contribution >= 0.6 is 0 Å². The van der Waals surface area contributed by atoms with E-state index in [1.807, 2.05) is 33.0 Å². The highest BCUT2D eigenvalue weighted by Crippen LogP contribution is 2.29. The third-order valence-corrected chi connectivity index (χ3v) is 2.58. The first-order valence-corrected chi connectivity index (χ1v) is 5.07. The molecular weight excluding hydrogens is 204 g/mol. The van der Waals surface area contributed by atoms with Crippen LogP contribution in [0.15, 0.2) is 16.8 Å². The Bertz CT molecular complexity index is 498. The number of methoxy groups -OCH3 is 1. The fourth-order valence-electron chi connectivity index (χ4n) is 1.75. The molecule has 0 saturated heterocycles. The second-order valence-corrected chi connectivity index (χ2v) is 3.71. The van der Waals surface area contributed by atoms with Crippen molar-refractivity contribution in [1.82, 2.24) is 10.1 Å². The lowest BCUT2D eigenvalue weighted by Gasteiger charge is -2.06. The van der Waals surface area contributed by atoms with Crippen molar-refractivity contribution in [2.24, 2.45) is 0 Å². The van der Waals surface area contributed by atoms with Gasteiger partial charge in [0, 0.05) is 17.3 Å². The van der Waals surface area contributed by atoms with Gasteiger partial charge in [0.1, 0.15) is 11.5 Å². The Morgan fingerprint density at radius 1 is 1.19 bits per heavy atom. The highest BCUT2D eigenvalue weighted by atomic mass is 16.5. The standard InChI is InChI=1S/C12H14N2O2/c1-7-11(15-4)5-10(6-13-7)12-8(2)14-16-9(12)3/h5-6H,1-4H3. The largest absolute Gasteiger partial charge is 0.495 e. The van der Waals surface area contributed by atoms with E-state index in [2.05, 4.69) is 10.1 Å². The topological polar surface area (TPSA) is 48.2 Å². The molecule has 0 aliphatic rings. The number of hydrogen-bond donors (Lipinski definition) is 0. The second kappa shape index (κ2) is 3.96. The van der Waals surface area contributed by atoms with Gasteiger partial charge in [0.05, 0.1) is 18.5 Å². The molecule has 0 bridgehead atoms. The summed E-state index contributed by atoms with van der Waals surface area (Å²) in [6, 6.07) is 1.95. The zero-order valence-corrected chi connectivity index (χ0v) is 9.87. The molecule has 0 aromatic carbocycles. The predicted octanol–water partition coefficient (Wildman–Crippen LogP) is 2.67. The second-order valence-electron chi connectivity index (χ2n) is 3.71. The first-order chi connectivity index (χ1) is 7.63. The maximum absolute atomic E-state index is 5.25. The summed E-state index contributed by atoms with van der Waals surface area (Å²) in [5.41, 5.74) is 3.70. The number of aromatic nitrogens is 2. The molecule has 0 radical (unpaired) electrons. The van der Waals surface area contributed by atoms with Gasteiger partial charge < -0.3 is 9.26 Å². The molecule has 4 nitrogen and oxygen atoms in total. The lowest BCUT2D eigenvalue weighted by Crippen LogP contribution is -1.92. The zero-order chi connectivity index (χ0) is 11.7. The van der Waals surface area contributed by atoms with E-state index in [-0.39, 0.29) is 0 Å². The Labute approximate surface area is 94.2 Å². The summed E-state index contributed by atoms with van der Waals surface area (Å²) in [6.45, 7) is 5.72. The van der Waals surface area contributed by atoms with Crippen LogP contribution < -0.4 is 4.74 Å². The van der Waals surface area contributed by atoms with Gasteiger partial charge in [0.25, 0.3) is 0 Å². The fourth-order valence-corrected chi connectivity index (χ4v) is 1.75. The van der Waals surface area contributed by atoms with Crippen LogP contribution in [0.25, 0.3) is 11.1 Å². The van der Waals surface area contributed by atoms with Gasteiger partial charge in [-0.25, -0.2) is 0 Å². The van der Waals surface area contributed by atoms with Crippen LogP contribution in [0.5, 0.6) is 5.75 Å². The Morgan fingerprint density at radius 3 is 2.50 bits per heavy atom. The van der Waals surface area contributed by atoms with Crippen molar-refractivity contribution >= 4 is 0 Å². The van der Waals surface area contributed by atoms with E-state index < -0.39 is 0 Å². The molecule has 0 aliphatic carbocycles. The van der Waals surface area contributed by atoms with Gasteiger partial charge >= 0.3 is 0 Å². The van der Waals surface area contributed by atoms with Crippen molar-refractivity contribution < 1.29 is 9.26 Å². The molecule has 0 aliphatic heterocycles. The van der Waals surface area contributed by atoms with Crippen molar-refractivity contribution in [1.29, 1.82) is 0 Å². The molecule has 2 rings (SSSR count). The van der Waals surface area contributed by atoms with Crippen LogP contribution in [0.2, 0.25) is 0 Å². The Hall–Kier alpha value is -1.84. The molecule has 84 valence electrons. The molecule has 4 heteroatoms. The minimum absolute atomic E-state index is 0.775. The Balaban J connectivity index is 2.57. The van der Waals surface area contributed by atoms with Crippen molar-refractivity contribution in [3.63, 3.8) is 0 Å². The minimum Gasteiger partial charge on any atom is -0.495 e. The molecule has 2 aromatic heterocycles. The van der Waals surface area contributed by atoms with Crippen molar-refractivity contribution in [3.05, 3.63) is 29.4 Å². The Kier molecular flexibility index (Phi) is 2.64. The lowest BCUT2D eigenvalue weighted by atomic mass is 10.1. The monoisotopic (exact) mass is 218 g/mol. The molecule has 0 amide bonds. The molecule has 0 fully saturated rings. The average Bonchev–Trinajstić information content (AvgIpc) is 2.60. The maximum atomic E-state index is 5.25. The number of pyridine rings is 1. The van der Waals surface area contributed by atoms with Gasteiger partial charge in [0.15, 0.2) is 0 Å². The number of hydrogen-bond acceptors (Lipinski definition) is 4. The smallest absolute Gasteiger partial charge is 0.141 e. The SMILES string of the molecule is COc1cc(-c2c(C)noc2C)cnc1C. The Morgan fingerprint density at radius 2 is 1.94 bits per heavy atom. The predicted molar refractivity (Wildman–Crippen MR) is 60.5 cm³/mol. The van der Waals surface area contributed by atoms with Crippen molar-refractivity contribution in [2.45, 2.75) is 20.8 Å². The first-order valence-electron chi connectivity index (χ1n) is 5.07. The molecule has 2 aromatic rings. The van der Waals surface area contributed by atoms with Crippen LogP contribution in [-0.2, 0) is 0 Å². The van der Waals surface area contributed by atoms with Crippen LogP contribution in [0.4, 0.5) is 0 Å². The van der Waals surface area contributed by atoms with E-state index in [9.17, 15) is 0 Å². The third kappa shape index (κ3) is 1.66. The van der Waals surface area contributed by atoms with Gasteiger partial charge in [0.2, 0.25) is 0 Å². The normalized spacial score (nSPS) is 10.5. The number of aryl methyl sites for hydroxylation is 3. The quantitative estimate of drug-likeness (QED) is 0.777. The molecular formula is C12H14N2O2. The highest BCUT2D eigenvalue weighted by Gasteiger charge is 2.13. The third-order valence-electron chi connectivity index (χ3n) is 2.58. The van der Waals surface area contributed by atoms with E-state index in [4.69, 9.17) is 9.26 Å². The van der Waals surface area contributed by atoms with Crippen LogP contribution in [-0.4, -0.2) is 17.3 Å². The van der Waals surface area contributed by atoms with Gasteiger partial charge in [-0.15, -0.1) is 0 Å². The average molecular weight is 218 g/mol. The van der Waals surface area contributed by atoms with Crippen molar-refractivity contribution in [3.8, 4) is 16.9 Å². The fraction of sp³-hybridized carbons (Fsp3) is 0.333.